The van der Waals surface area contributed by atoms with Crippen LogP contribution >= 0.6 is 0 Å². The number of ether oxygens (including phenoxy) is 1. The van der Waals surface area contributed by atoms with Gasteiger partial charge in [-0.1, -0.05) is 0 Å². The molecule has 6 nitrogen and oxygen atoms in total. The molecule has 5 rings (SSSR count). The molecule has 0 aromatic heterocycles. The molecule has 5 fully saturated rings. The average molecular weight is 376 g/mol. The minimum absolute atomic E-state index is 0.0846. The predicted molar refractivity (Wildman–Crippen MR) is 101 cm³/mol. The monoisotopic (exact) mass is 375 g/mol. The normalized spacial score (nSPS) is 41.6. The van der Waals surface area contributed by atoms with Crippen LogP contribution in [0.5, 0.6) is 0 Å². The Labute approximate surface area is 162 Å². The van der Waals surface area contributed by atoms with Crippen LogP contribution in [0, 0.1) is 23.2 Å². The van der Waals surface area contributed by atoms with E-state index < -0.39 is 0 Å². The molecule has 0 bridgehead atoms. The molecule has 2 heterocycles. The molecule has 0 radical (unpaired) electrons. The molecule has 1 spiro atoms. The third kappa shape index (κ3) is 2.95. The number of amides is 2. The number of hydrogen-bond acceptors (Lipinski definition) is 4. The van der Waals surface area contributed by atoms with Crippen molar-refractivity contribution in [2.45, 2.75) is 64.0 Å². The third-order valence-electron chi connectivity index (χ3n) is 8.23. The van der Waals surface area contributed by atoms with Gasteiger partial charge in [0.25, 0.3) is 0 Å². The number of likely N-dealkylation sites (tertiary alicyclic amines) is 2. The van der Waals surface area contributed by atoms with Crippen molar-refractivity contribution < 1.29 is 14.3 Å². The quantitative estimate of drug-likeness (QED) is 0.819. The van der Waals surface area contributed by atoms with Gasteiger partial charge in [-0.2, -0.15) is 0 Å². The number of carbonyl (C=O) groups is 2. The summed E-state index contributed by atoms with van der Waals surface area (Å²) in [6, 6.07) is 0.660. The first kappa shape index (κ1) is 17.8. The number of fused-ring (bicyclic) bond motifs is 1. The summed E-state index contributed by atoms with van der Waals surface area (Å²) in [4.78, 5) is 29.0. The van der Waals surface area contributed by atoms with E-state index in [0.717, 1.165) is 45.4 Å². The standard InChI is InChI=1S/C21H33N3O3/c1-3-27-19(26)23-8-7-21(13-23)9-14(10-21)24-11-15-16(12-24)17(15)18(25)22-20(2)5-4-6-20/h14-17H,3-13H2,1-2H3,(H,22,25)/t14?,15-,16+,17-,21?. The Morgan fingerprint density at radius 3 is 2.44 bits per heavy atom. The van der Waals surface area contributed by atoms with E-state index in [2.05, 4.69) is 17.1 Å². The van der Waals surface area contributed by atoms with Crippen molar-refractivity contribution in [2.75, 3.05) is 32.8 Å². The van der Waals surface area contributed by atoms with Gasteiger partial charge in [-0.05, 0) is 69.6 Å². The fraction of sp³-hybridized carbons (Fsp3) is 0.905. The Kier molecular flexibility index (Phi) is 4.01. The highest BCUT2D eigenvalue weighted by Crippen LogP contribution is 2.57. The number of piperidine rings is 1. The molecule has 0 aromatic carbocycles. The van der Waals surface area contributed by atoms with Crippen molar-refractivity contribution >= 4 is 12.0 Å². The largest absolute Gasteiger partial charge is 0.450 e. The first-order valence-electron chi connectivity index (χ1n) is 10.9. The summed E-state index contributed by atoms with van der Waals surface area (Å²) in [7, 11) is 0. The minimum atomic E-state index is -0.144. The van der Waals surface area contributed by atoms with Crippen LogP contribution in [0.15, 0.2) is 0 Å². The molecule has 0 aromatic rings. The molecular weight excluding hydrogens is 342 g/mol. The lowest BCUT2D eigenvalue weighted by atomic mass is 9.64. The maximum atomic E-state index is 12.6. The van der Waals surface area contributed by atoms with Crippen molar-refractivity contribution in [3.05, 3.63) is 0 Å². The second kappa shape index (κ2) is 6.10. The third-order valence-corrected chi connectivity index (χ3v) is 8.23. The van der Waals surface area contributed by atoms with Crippen molar-refractivity contribution in [3.8, 4) is 0 Å². The maximum absolute atomic E-state index is 12.6. The zero-order chi connectivity index (χ0) is 18.8. The van der Waals surface area contributed by atoms with Crippen LogP contribution in [0.4, 0.5) is 4.79 Å². The molecule has 2 aliphatic heterocycles. The van der Waals surface area contributed by atoms with Gasteiger partial charge in [0, 0.05) is 43.7 Å². The van der Waals surface area contributed by atoms with Crippen LogP contribution < -0.4 is 5.32 Å². The number of carbonyl (C=O) groups excluding carboxylic acids is 2. The average Bonchev–Trinajstić information content (AvgIpc) is 2.96. The van der Waals surface area contributed by atoms with E-state index in [9.17, 15) is 9.59 Å². The minimum Gasteiger partial charge on any atom is -0.450 e. The van der Waals surface area contributed by atoms with E-state index in [1.54, 1.807) is 0 Å². The van der Waals surface area contributed by atoms with Gasteiger partial charge in [0.05, 0.1) is 6.61 Å². The van der Waals surface area contributed by atoms with E-state index >= 15 is 0 Å². The highest BCUT2D eigenvalue weighted by atomic mass is 16.6. The second-order valence-electron chi connectivity index (χ2n) is 10.1. The van der Waals surface area contributed by atoms with Gasteiger partial charge in [0.15, 0.2) is 0 Å². The first-order chi connectivity index (χ1) is 12.9. The number of nitrogens with zero attached hydrogens (tertiary/aromatic N) is 2. The van der Waals surface area contributed by atoms with E-state index in [-0.39, 0.29) is 17.6 Å². The summed E-state index contributed by atoms with van der Waals surface area (Å²) in [6.45, 7) is 8.42. The van der Waals surface area contributed by atoms with E-state index in [1.165, 1.54) is 19.3 Å². The fourth-order valence-corrected chi connectivity index (χ4v) is 6.30. The van der Waals surface area contributed by atoms with Gasteiger partial charge < -0.3 is 15.0 Å². The Hall–Kier alpha value is -1.30. The first-order valence-corrected chi connectivity index (χ1v) is 10.9. The molecule has 6 heteroatoms. The molecule has 5 aliphatic rings. The Bertz CT molecular complexity index is 629. The lowest BCUT2D eigenvalue weighted by Gasteiger charge is -2.49. The van der Waals surface area contributed by atoms with E-state index in [4.69, 9.17) is 4.74 Å². The summed E-state index contributed by atoms with van der Waals surface area (Å²) >= 11 is 0. The molecule has 0 unspecified atom stereocenters. The Balaban J connectivity index is 1.07. The number of rotatable bonds is 4. The molecule has 150 valence electrons. The van der Waals surface area contributed by atoms with Crippen molar-refractivity contribution in [3.63, 3.8) is 0 Å². The smallest absolute Gasteiger partial charge is 0.409 e. The fourth-order valence-electron chi connectivity index (χ4n) is 6.30. The second-order valence-corrected chi connectivity index (χ2v) is 10.1. The van der Waals surface area contributed by atoms with Gasteiger partial charge in [0.1, 0.15) is 0 Å². The summed E-state index contributed by atoms with van der Waals surface area (Å²) in [6.07, 6.45) is 6.91. The van der Waals surface area contributed by atoms with Crippen LogP contribution in [0.1, 0.15) is 52.4 Å². The van der Waals surface area contributed by atoms with Crippen LogP contribution in [0.2, 0.25) is 0 Å². The van der Waals surface area contributed by atoms with Gasteiger partial charge >= 0.3 is 6.09 Å². The summed E-state index contributed by atoms with van der Waals surface area (Å²) in [5, 5.41) is 3.31. The van der Waals surface area contributed by atoms with Crippen LogP contribution in [0.25, 0.3) is 0 Å². The van der Waals surface area contributed by atoms with E-state index in [1.807, 2.05) is 11.8 Å². The van der Waals surface area contributed by atoms with Crippen LogP contribution in [-0.4, -0.2) is 66.2 Å². The SMILES string of the molecule is CCOC(=O)N1CCC2(CC(N3C[C@@H]4[C@H](C3)[C@@H]4C(=O)NC3(C)CCC3)C2)C1. The summed E-state index contributed by atoms with van der Waals surface area (Å²) < 4.78 is 5.15. The van der Waals surface area contributed by atoms with Gasteiger partial charge in [0.2, 0.25) is 5.91 Å². The van der Waals surface area contributed by atoms with Gasteiger partial charge in [-0.3, -0.25) is 9.69 Å². The number of nitrogens with one attached hydrogen (secondary N) is 1. The molecule has 3 atom stereocenters. The molecule has 27 heavy (non-hydrogen) atoms. The highest BCUT2D eigenvalue weighted by molar-refractivity contribution is 5.83. The lowest BCUT2D eigenvalue weighted by molar-refractivity contribution is -0.126. The van der Waals surface area contributed by atoms with Crippen molar-refractivity contribution in [2.24, 2.45) is 23.2 Å². The Morgan fingerprint density at radius 2 is 1.85 bits per heavy atom. The molecule has 2 amide bonds. The van der Waals surface area contributed by atoms with Gasteiger partial charge in [-0.15, -0.1) is 0 Å². The number of hydrogen-bond donors (Lipinski definition) is 1. The Morgan fingerprint density at radius 1 is 1.15 bits per heavy atom. The molecule has 2 saturated heterocycles. The molecule has 3 saturated carbocycles. The van der Waals surface area contributed by atoms with Crippen LogP contribution in [-0.2, 0) is 9.53 Å². The summed E-state index contributed by atoms with van der Waals surface area (Å²) in [5.74, 6) is 1.77. The maximum Gasteiger partial charge on any atom is 0.409 e. The highest BCUT2D eigenvalue weighted by Gasteiger charge is 2.62. The lowest BCUT2D eigenvalue weighted by Crippen LogP contribution is -2.54. The summed E-state index contributed by atoms with van der Waals surface area (Å²) in [5.41, 5.74) is 0.418. The van der Waals surface area contributed by atoms with Gasteiger partial charge in [-0.25, -0.2) is 4.79 Å². The molecule has 1 N–H and O–H groups in total. The van der Waals surface area contributed by atoms with E-state index in [0.29, 0.717) is 35.8 Å². The van der Waals surface area contributed by atoms with Crippen LogP contribution in [0.3, 0.4) is 0 Å². The van der Waals surface area contributed by atoms with Crippen molar-refractivity contribution in [1.29, 1.82) is 0 Å². The van der Waals surface area contributed by atoms with Crippen molar-refractivity contribution in [1.82, 2.24) is 15.1 Å². The predicted octanol–water partition coefficient (Wildman–Crippen LogP) is 2.23. The zero-order valence-electron chi connectivity index (χ0n) is 16.7. The topological polar surface area (TPSA) is 61.9 Å². The molecule has 3 aliphatic carbocycles. The molecular formula is C21H33N3O3. The zero-order valence-corrected chi connectivity index (χ0v) is 16.7.